The molecule has 0 saturated carbocycles. The molecule has 1 fully saturated rings. The molecule has 30 heavy (non-hydrogen) atoms. The predicted octanol–water partition coefficient (Wildman–Crippen LogP) is 4.00. The summed E-state index contributed by atoms with van der Waals surface area (Å²) in [6.45, 7) is 12.2. The van der Waals surface area contributed by atoms with Crippen LogP contribution < -0.4 is 10.1 Å². The van der Waals surface area contributed by atoms with Crippen molar-refractivity contribution in [3.8, 4) is 5.75 Å². The Hall–Kier alpha value is -2.37. The highest BCUT2D eigenvalue weighted by molar-refractivity contribution is 5.77. The number of nitrogens with zero attached hydrogens (tertiary/aromatic N) is 1. The van der Waals surface area contributed by atoms with E-state index in [1.165, 1.54) is 11.1 Å². The summed E-state index contributed by atoms with van der Waals surface area (Å²) < 4.78 is 11.3. The highest BCUT2D eigenvalue weighted by Crippen LogP contribution is 2.24. The second-order valence-electron chi connectivity index (χ2n) is 8.28. The van der Waals surface area contributed by atoms with E-state index in [0.717, 1.165) is 43.2 Å². The molecule has 1 N–H and O–H groups in total. The van der Waals surface area contributed by atoms with Gasteiger partial charge in [-0.25, -0.2) is 0 Å². The molecule has 0 radical (unpaired) electrons. The maximum absolute atomic E-state index is 12.5. The first-order chi connectivity index (χ1) is 14.5. The van der Waals surface area contributed by atoms with Gasteiger partial charge in [-0.05, 0) is 48.1 Å². The van der Waals surface area contributed by atoms with Crippen molar-refractivity contribution in [2.75, 3.05) is 39.5 Å². The van der Waals surface area contributed by atoms with Crippen LogP contribution in [0.2, 0.25) is 0 Å². The van der Waals surface area contributed by atoms with Crippen molar-refractivity contribution in [1.82, 2.24) is 10.2 Å². The second-order valence-corrected chi connectivity index (χ2v) is 8.28. The van der Waals surface area contributed by atoms with Crippen LogP contribution in [-0.4, -0.2) is 50.3 Å². The smallest absolute Gasteiger partial charge is 0.258 e. The van der Waals surface area contributed by atoms with E-state index in [2.05, 4.69) is 48.3 Å². The van der Waals surface area contributed by atoms with Gasteiger partial charge in [0.05, 0.1) is 19.3 Å². The molecule has 1 aliphatic heterocycles. The molecule has 0 aliphatic carbocycles. The first kappa shape index (κ1) is 22.3. The number of carbonyl (C=O) groups is 1. The van der Waals surface area contributed by atoms with Gasteiger partial charge in [0.15, 0.2) is 6.61 Å². The Morgan fingerprint density at radius 2 is 1.73 bits per heavy atom. The zero-order chi connectivity index (χ0) is 21.5. The van der Waals surface area contributed by atoms with Crippen LogP contribution >= 0.6 is 0 Å². The monoisotopic (exact) mass is 410 g/mol. The first-order valence-corrected chi connectivity index (χ1v) is 10.8. The normalized spacial score (nSPS) is 15.8. The van der Waals surface area contributed by atoms with E-state index < -0.39 is 0 Å². The van der Waals surface area contributed by atoms with Gasteiger partial charge in [-0.15, -0.1) is 0 Å². The van der Waals surface area contributed by atoms with Crippen molar-refractivity contribution in [1.29, 1.82) is 0 Å². The summed E-state index contributed by atoms with van der Waals surface area (Å²) in [7, 11) is 0. The SMILES string of the molecule is Cc1cccc(OCC(=O)NCC(c2ccc(C(C)C)cc2)N2CCOCC2)c1C. The van der Waals surface area contributed by atoms with Gasteiger partial charge in [-0.3, -0.25) is 9.69 Å². The highest BCUT2D eigenvalue weighted by Gasteiger charge is 2.23. The fourth-order valence-electron chi connectivity index (χ4n) is 3.74. The number of hydrogen-bond donors (Lipinski definition) is 1. The summed E-state index contributed by atoms with van der Waals surface area (Å²) >= 11 is 0. The first-order valence-electron chi connectivity index (χ1n) is 10.8. The quantitative estimate of drug-likeness (QED) is 0.715. The van der Waals surface area contributed by atoms with Crippen molar-refractivity contribution in [3.63, 3.8) is 0 Å². The minimum absolute atomic E-state index is 0.0202. The van der Waals surface area contributed by atoms with Gasteiger partial charge < -0.3 is 14.8 Å². The van der Waals surface area contributed by atoms with Crippen LogP contribution in [0.3, 0.4) is 0 Å². The average molecular weight is 411 g/mol. The molecule has 0 aromatic heterocycles. The minimum atomic E-state index is -0.104. The number of benzene rings is 2. The molecule has 1 atom stereocenters. The van der Waals surface area contributed by atoms with Crippen molar-refractivity contribution < 1.29 is 14.3 Å². The lowest BCUT2D eigenvalue weighted by molar-refractivity contribution is -0.123. The molecule has 3 rings (SSSR count). The van der Waals surface area contributed by atoms with E-state index in [1.54, 1.807) is 0 Å². The molecular formula is C25H34N2O3. The Morgan fingerprint density at radius 1 is 1.07 bits per heavy atom. The number of rotatable bonds is 8. The summed E-state index contributed by atoms with van der Waals surface area (Å²) in [6, 6.07) is 14.8. The highest BCUT2D eigenvalue weighted by atomic mass is 16.5. The summed E-state index contributed by atoms with van der Waals surface area (Å²) in [5.41, 5.74) is 4.77. The Morgan fingerprint density at radius 3 is 2.40 bits per heavy atom. The lowest BCUT2D eigenvalue weighted by Gasteiger charge is -2.35. The lowest BCUT2D eigenvalue weighted by Crippen LogP contribution is -2.44. The molecule has 2 aromatic rings. The standard InChI is InChI=1S/C25H34N2O3/c1-18(2)21-8-10-22(11-9-21)23(27-12-14-29-15-13-27)16-26-25(28)17-30-24-7-5-6-19(3)20(24)4/h5-11,18,23H,12-17H2,1-4H3,(H,26,28). The van der Waals surface area contributed by atoms with Gasteiger partial charge in [0.2, 0.25) is 0 Å². The average Bonchev–Trinajstić information content (AvgIpc) is 2.76. The Bertz CT molecular complexity index is 827. The van der Waals surface area contributed by atoms with Crippen molar-refractivity contribution in [2.24, 2.45) is 0 Å². The summed E-state index contributed by atoms with van der Waals surface area (Å²) in [5.74, 6) is 1.16. The van der Waals surface area contributed by atoms with Crippen molar-refractivity contribution >= 4 is 5.91 Å². The van der Waals surface area contributed by atoms with E-state index >= 15 is 0 Å². The van der Waals surface area contributed by atoms with Gasteiger partial charge in [0, 0.05) is 19.6 Å². The van der Waals surface area contributed by atoms with Crippen LogP contribution in [0.15, 0.2) is 42.5 Å². The number of amides is 1. The second kappa shape index (κ2) is 10.6. The number of nitrogens with one attached hydrogen (secondary N) is 1. The van der Waals surface area contributed by atoms with Gasteiger partial charge in [0.25, 0.3) is 5.91 Å². The van der Waals surface area contributed by atoms with Gasteiger partial charge in [-0.1, -0.05) is 50.2 Å². The maximum Gasteiger partial charge on any atom is 0.258 e. The molecule has 5 heteroatoms. The van der Waals surface area contributed by atoms with Crippen LogP contribution in [0.1, 0.15) is 48.1 Å². The van der Waals surface area contributed by atoms with Crippen LogP contribution in [-0.2, 0) is 9.53 Å². The molecule has 1 saturated heterocycles. The predicted molar refractivity (Wildman–Crippen MR) is 120 cm³/mol. The Labute approximate surface area is 180 Å². The lowest BCUT2D eigenvalue weighted by atomic mass is 9.98. The molecule has 0 bridgehead atoms. The number of carbonyl (C=O) groups excluding carboxylic acids is 1. The molecule has 1 unspecified atom stereocenters. The Balaban J connectivity index is 1.62. The van der Waals surface area contributed by atoms with E-state index in [0.29, 0.717) is 12.5 Å². The molecule has 2 aromatic carbocycles. The van der Waals surface area contributed by atoms with Gasteiger partial charge >= 0.3 is 0 Å². The largest absolute Gasteiger partial charge is 0.483 e. The molecule has 5 nitrogen and oxygen atoms in total. The third kappa shape index (κ3) is 5.83. The number of hydrogen-bond acceptors (Lipinski definition) is 4. The van der Waals surface area contributed by atoms with Gasteiger partial charge in [-0.2, -0.15) is 0 Å². The van der Waals surface area contributed by atoms with E-state index in [1.807, 2.05) is 32.0 Å². The Kier molecular flexibility index (Phi) is 7.88. The zero-order valence-corrected chi connectivity index (χ0v) is 18.6. The number of aryl methyl sites for hydroxylation is 1. The van der Waals surface area contributed by atoms with Crippen LogP contribution in [0.25, 0.3) is 0 Å². The molecular weight excluding hydrogens is 376 g/mol. The molecule has 1 amide bonds. The number of morpholine rings is 1. The summed E-state index contributed by atoms with van der Waals surface area (Å²) in [5, 5.41) is 3.07. The van der Waals surface area contributed by atoms with E-state index in [4.69, 9.17) is 9.47 Å². The molecule has 1 heterocycles. The third-order valence-electron chi connectivity index (χ3n) is 5.88. The van der Waals surface area contributed by atoms with Crippen molar-refractivity contribution in [3.05, 3.63) is 64.7 Å². The molecule has 1 aliphatic rings. The van der Waals surface area contributed by atoms with Crippen LogP contribution in [0.4, 0.5) is 0 Å². The van der Waals surface area contributed by atoms with Crippen LogP contribution in [0, 0.1) is 13.8 Å². The molecule has 162 valence electrons. The fourth-order valence-corrected chi connectivity index (χ4v) is 3.74. The van der Waals surface area contributed by atoms with E-state index in [9.17, 15) is 4.79 Å². The maximum atomic E-state index is 12.5. The topological polar surface area (TPSA) is 50.8 Å². The summed E-state index contributed by atoms with van der Waals surface area (Å²) in [6.07, 6.45) is 0. The molecule has 0 spiro atoms. The fraction of sp³-hybridized carbons (Fsp3) is 0.480. The van der Waals surface area contributed by atoms with Gasteiger partial charge in [0.1, 0.15) is 5.75 Å². The third-order valence-corrected chi connectivity index (χ3v) is 5.88. The van der Waals surface area contributed by atoms with Crippen molar-refractivity contribution in [2.45, 2.75) is 39.7 Å². The summed E-state index contributed by atoms with van der Waals surface area (Å²) in [4.78, 5) is 14.9. The van der Waals surface area contributed by atoms with Crippen LogP contribution in [0.5, 0.6) is 5.75 Å². The van der Waals surface area contributed by atoms with E-state index in [-0.39, 0.29) is 18.6 Å². The number of ether oxygens (including phenoxy) is 2. The zero-order valence-electron chi connectivity index (χ0n) is 18.6. The minimum Gasteiger partial charge on any atom is -0.483 e.